The molecule has 3 atom stereocenters. The fraction of sp³-hybridized carbons (Fsp3) is 0.324. The smallest absolute Gasteiger partial charge is 0.254 e. The summed E-state index contributed by atoms with van der Waals surface area (Å²) in [6, 6.07) is 16.6. The summed E-state index contributed by atoms with van der Waals surface area (Å²) in [5, 5.41) is 0.468. The van der Waals surface area contributed by atoms with Crippen LogP contribution in [0.15, 0.2) is 65.1 Å². The van der Waals surface area contributed by atoms with Crippen molar-refractivity contribution in [3.63, 3.8) is 0 Å². The Balaban J connectivity index is 1.56. The maximum atomic E-state index is 13.8. The van der Waals surface area contributed by atoms with Crippen molar-refractivity contribution in [3.8, 4) is 22.5 Å². The largest absolute Gasteiger partial charge is 0.455 e. The van der Waals surface area contributed by atoms with Gasteiger partial charge in [0.15, 0.2) is 5.78 Å². The van der Waals surface area contributed by atoms with Gasteiger partial charge in [0.05, 0.1) is 24.1 Å². The first-order valence-electron chi connectivity index (χ1n) is 14.9. The standard InChI is InChI=1S/C34H34FN3O6S/c1-4-29(39)31-25-17-24(21-6-5-7-22(14-21)34(41)38-26-15-23(26)16-28(38)33(36)40)27(37(13-12-35)45(3,42)43)18-30(25)44-32(31)20-10-8-19(2)9-11-20/h5-11,14,17-18,23,26,28H,4,12-13,15-16H2,1-3H3,(H2,36,40)/t23-,26-,28-/m0/s1. The monoisotopic (exact) mass is 631 g/mol. The summed E-state index contributed by atoms with van der Waals surface area (Å²) in [7, 11) is -3.96. The zero-order chi connectivity index (χ0) is 32.2. The van der Waals surface area contributed by atoms with Crippen molar-refractivity contribution in [3.05, 3.63) is 77.4 Å². The molecule has 6 rings (SSSR count). The molecule has 2 amide bonds. The van der Waals surface area contributed by atoms with Gasteiger partial charge in [0.2, 0.25) is 15.9 Å². The Morgan fingerprint density at radius 3 is 2.42 bits per heavy atom. The first-order chi connectivity index (χ1) is 21.4. The van der Waals surface area contributed by atoms with E-state index in [1.165, 1.54) is 6.07 Å². The minimum Gasteiger partial charge on any atom is -0.455 e. The molecule has 1 saturated heterocycles. The number of hydrogen-bond acceptors (Lipinski definition) is 6. The molecule has 11 heteroatoms. The summed E-state index contributed by atoms with van der Waals surface area (Å²) in [4.78, 5) is 40.8. The van der Waals surface area contributed by atoms with E-state index >= 15 is 0 Å². The van der Waals surface area contributed by atoms with Crippen LogP contribution >= 0.6 is 0 Å². The number of anilines is 1. The molecule has 3 aromatic carbocycles. The zero-order valence-corrected chi connectivity index (χ0v) is 26.1. The van der Waals surface area contributed by atoms with E-state index in [2.05, 4.69) is 0 Å². The van der Waals surface area contributed by atoms with Gasteiger partial charge in [-0.15, -0.1) is 0 Å². The highest BCUT2D eigenvalue weighted by molar-refractivity contribution is 7.92. The fourth-order valence-electron chi connectivity index (χ4n) is 6.44. The lowest BCUT2D eigenvalue weighted by atomic mass is 9.95. The Hall–Kier alpha value is -4.51. The zero-order valence-electron chi connectivity index (χ0n) is 25.2. The average Bonchev–Trinajstić information content (AvgIpc) is 3.51. The number of benzene rings is 3. The molecule has 2 N–H and O–H groups in total. The van der Waals surface area contributed by atoms with Crippen LogP contribution in [-0.4, -0.2) is 62.5 Å². The fourth-order valence-corrected chi connectivity index (χ4v) is 7.35. The maximum absolute atomic E-state index is 13.8. The average molecular weight is 632 g/mol. The van der Waals surface area contributed by atoms with E-state index in [4.69, 9.17) is 10.2 Å². The molecule has 1 saturated carbocycles. The van der Waals surface area contributed by atoms with Crippen molar-refractivity contribution in [2.45, 2.75) is 45.2 Å². The molecular formula is C34H34FN3O6S. The van der Waals surface area contributed by atoms with Gasteiger partial charge in [-0.2, -0.15) is 0 Å². The lowest BCUT2D eigenvalue weighted by Gasteiger charge is -2.26. The van der Waals surface area contributed by atoms with Crippen molar-refractivity contribution < 1.29 is 31.6 Å². The topological polar surface area (TPSA) is 131 Å². The molecule has 9 nitrogen and oxygen atoms in total. The van der Waals surface area contributed by atoms with Crippen LogP contribution in [-0.2, 0) is 14.8 Å². The molecule has 2 aliphatic rings. The molecule has 0 bridgehead atoms. The van der Waals surface area contributed by atoms with E-state index in [9.17, 15) is 27.2 Å². The van der Waals surface area contributed by atoms with E-state index in [1.807, 2.05) is 31.2 Å². The number of nitrogens with two attached hydrogens (primary N) is 1. The van der Waals surface area contributed by atoms with E-state index < -0.39 is 35.2 Å². The molecule has 45 heavy (non-hydrogen) atoms. The summed E-state index contributed by atoms with van der Waals surface area (Å²) >= 11 is 0. The quantitative estimate of drug-likeness (QED) is 0.230. The number of nitrogens with zero attached hydrogens (tertiary/aromatic N) is 2. The second-order valence-corrected chi connectivity index (χ2v) is 13.8. The van der Waals surface area contributed by atoms with E-state index in [-0.39, 0.29) is 41.3 Å². The van der Waals surface area contributed by atoms with Crippen molar-refractivity contribution >= 4 is 44.3 Å². The second kappa shape index (κ2) is 11.4. The van der Waals surface area contributed by atoms with Gasteiger partial charge in [-0.1, -0.05) is 48.9 Å². The van der Waals surface area contributed by atoms with Crippen molar-refractivity contribution in [2.75, 3.05) is 23.8 Å². The van der Waals surface area contributed by atoms with Gasteiger partial charge in [0, 0.05) is 40.6 Å². The number of sulfonamides is 1. The van der Waals surface area contributed by atoms with Crippen LogP contribution in [0.3, 0.4) is 0 Å². The molecule has 4 aromatic rings. The maximum Gasteiger partial charge on any atom is 0.254 e. The van der Waals surface area contributed by atoms with Gasteiger partial charge < -0.3 is 15.1 Å². The Kier molecular flexibility index (Phi) is 7.76. The summed E-state index contributed by atoms with van der Waals surface area (Å²) < 4.78 is 47.0. The SMILES string of the molecule is CCC(=O)c1c(-c2ccc(C)cc2)oc2cc(N(CCF)S(C)(=O)=O)c(-c3cccc(C(=O)N4[C@H](C(N)=O)C[C@@H]5C[C@@H]54)c3)cc12. The Morgan fingerprint density at radius 2 is 1.78 bits per heavy atom. The highest BCUT2D eigenvalue weighted by Crippen LogP contribution is 2.48. The van der Waals surface area contributed by atoms with Gasteiger partial charge in [-0.25, -0.2) is 12.8 Å². The number of rotatable bonds is 10. The highest BCUT2D eigenvalue weighted by atomic mass is 32.2. The molecule has 0 spiro atoms. The minimum absolute atomic E-state index is 0.0374. The summed E-state index contributed by atoms with van der Waals surface area (Å²) in [5.41, 5.74) is 9.24. The Labute approximate surface area is 260 Å². The predicted octanol–water partition coefficient (Wildman–Crippen LogP) is 5.49. The van der Waals surface area contributed by atoms with E-state index in [0.29, 0.717) is 45.4 Å². The third kappa shape index (κ3) is 5.50. The number of likely N-dealkylation sites (tertiary alicyclic amines) is 1. The number of fused-ring (bicyclic) bond motifs is 2. The lowest BCUT2D eigenvalue weighted by molar-refractivity contribution is -0.122. The van der Waals surface area contributed by atoms with Crippen LogP contribution in [0.2, 0.25) is 0 Å². The molecule has 1 aromatic heterocycles. The van der Waals surface area contributed by atoms with Crippen LogP contribution in [0.4, 0.5) is 10.1 Å². The van der Waals surface area contributed by atoms with Gasteiger partial charge in [-0.05, 0) is 49.4 Å². The molecule has 0 unspecified atom stereocenters. The van der Waals surface area contributed by atoms with Gasteiger partial charge in [0.1, 0.15) is 24.1 Å². The van der Waals surface area contributed by atoms with Crippen LogP contribution in [0.25, 0.3) is 33.4 Å². The van der Waals surface area contributed by atoms with E-state index in [1.54, 1.807) is 42.2 Å². The molecule has 2 heterocycles. The highest BCUT2D eigenvalue weighted by Gasteiger charge is 2.55. The molecule has 234 valence electrons. The summed E-state index contributed by atoms with van der Waals surface area (Å²) in [6.45, 7) is 2.31. The number of ketones is 1. The first-order valence-corrected chi connectivity index (χ1v) is 16.7. The molecule has 1 aliphatic carbocycles. The van der Waals surface area contributed by atoms with Crippen molar-refractivity contribution in [1.29, 1.82) is 0 Å². The second-order valence-electron chi connectivity index (χ2n) is 11.8. The van der Waals surface area contributed by atoms with Crippen LogP contribution < -0.4 is 10.0 Å². The third-order valence-electron chi connectivity index (χ3n) is 8.76. The van der Waals surface area contributed by atoms with Gasteiger partial charge >= 0.3 is 0 Å². The third-order valence-corrected chi connectivity index (χ3v) is 9.94. The summed E-state index contributed by atoms with van der Waals surface area (Å²) in [5.74, 6) is -0.450. The number of hydrogen-bond donors (Lipinski definition) is 1. The number of halogens is 1. The van der Waals surface area contributed by atoms with Crippen molar-refractivity contribution in [2.24, 2.45) is 11.7 Å². The molecule has 0 radical (unpaired) electrons. The number of Topliss-reactive ketones (excluding diaryl/α,β-unsaturated/α-hetero) is 1. The Bertz CT molecular complexity index is 1950. The number of primary amides is 1. The summed E-state index contributed by atoms with van der Waals surface area (Å²) in [6.07, 6.45) is 2.55. The van der Waals surface area contributed by atoms with Crippen LogP contribution in [0.5, 0.6) is 0 Å². The molecular weight excluding hydrogens is 597 g/mol. The normalized spacial score (nSPS) is 19.0. The number of furan rings is 1. The van der Waals surface area contributed by atoms with Crippen LogP contribution in [0.1, 0.15) is 52.5 Å². The number of piperidine rings is 1. The van der Waals surface area contributed by atoms with E-state index in [0.717, 1.165) is 22.5 Å². The Morgan fingerprint density at radius 1 is 1.04 bits per heavy atom. The number of alkyl halides is 1. The number of carbonyl (C=O) groups excluding carboxylic acids is 3. The predicted molar refractivity (Wildman–Crippen MR) is 170 cm³/mol. The first kappa shape index (κ1) is 30.5. The van der Waals surface area contributed by atoms with Crippen LogP contribution in [0, 0.1) is 12.8 Å². The van der Waals surface area contributed by atoms with Gasteiger partial charge in [0.25, 0.3) is 5.91 Å². The number of aryl methyl sites for hydroxylation is 1. The van der Waals surface area contributed by atoms with Crippen molar-refractivity contribution in [1.82, 2.24) is 4.90 Å². The molecule has 2 fully saturated rings. The van der Waals surface area contributed by atoms with Gasteiger partial charge in [-0.3, -0.25) is 18.7 Å². The lowest BCUT2D eigenvalue weighted by Crippen LogP contribution is -2.46. The minimum atomic E-state index is -3.96. The number of amides is 2. The molecule has 1 aliphatic heterocycles. The number of carbonyl (C=O) groups is 3.